The van der Waals surface area contributed by atoms with Crippen LogP contribution in [0.3, 0.4) is 0 Å². The van der Waals surface area contributed by atoms with E-state index in [0.717, 1.165) is 25.7 Å². The molecule has 0 bridgehead atoms. The zero-order chi connectivity index (χ0) is 24.9. The minimum atomic E-state index is -0.761. The molecule has 34 heavy (non-hydrogen) atoms. The van der Waals surface area contributed by atoms with Gasteiger partial charge in [-0.1, -0.05) is 38.0 Å². The summed E-state index contributed by atoms with van der Waals surface area (Å²) >= 11 is 0. The molecule has 2 aromatic carbocycles. The minimum absolute atomic E-state index is 0.0185. The zero-order valence-corrected chi connectivity index (χ0v) is 19.2. The van der Waals surface area contributed by atoms with Crippen LogP contribution < -0.4 is 21.1 Å². The number of nitrogens with two attached hydrogens (primary N) is 1. The molecular formula is C24H30N4O6. The Kier molecular flexibility index (Phi) is 10.4. The van der Waals surface area contributed by atoms with Crippen LogP contribution in [0.15, 0.2) is 53.5 Å². The van der Waals surface area contributed by atoms with Crippen LogP contribution in [0, 0.1) is 5.92 Å². The number of hydrogen-bond donors (Lipinski definition) is 4. The van der Waals surface area contributed by atoms with E-state index in [1.165, 1.54) is 7.11 Å². The van der Waals surface area contributed by atoms with Crippen LogP contribution in [-0.2, 0) is 14.3 Å². The summed E-state index contributed by atoms with van der Waals surface area (Å²) in [7, 11) is 1.21. The molecule has 1 fully saturated rings. The number of nitrogens with one attached hydrogen (secondary N) is 2. The number of ether oxygens (including phenoxy) is 2. The summed E-state index contributed by atoms with van der Waals surface area (Å²) in [5.74, 6) is 0.187. The van der Waals surface area contributed by atoms with Gasteiger partial charge in [-0.3, -0.25) is 20.2 Å². The normalized spacial score (nSPS) is 13.3. The first-order valence-electron chi connectivity index (χ1n) is 10.9. The Balaban J connectivity index is 0.000000430. The predicted octanol–water partition coefficient (Wildman–Crippen LogP) is 4.19. The minimum Gasteiger partial charge on any atom is -0.481 e. The van der Waals surface area contributed by atoms with Gasteiger partial charge in [0.2, 0.25) is 11.9 Å². The van der Waals surface area contributed by atoms with Crippen molar-refractivity contribution >= 4 is 35.3 Å². The number of rotatable bonds is 5. The summed E-state index contributed by atoms with van der Waals surface area (Å²) < 4.78 is 10.2. The molecule has 1 aliphatic carbocycles. The first-order chi connectivity index (χ1) is 16.3. The van der Waals surface area contributed by atoms with Crippen molar-refractivity contribution < 1.29 is 29.0 Å². The molecule has 0 saturated heterocycles. The van der Waals surface area contributed by atoms with Crippen molar-refractivity contribution in [3.63, 3.8) is 0 Å². The Morgan fingerprint density at radius 3 is 2.26 bits per heavy atom. The summed E-state index contributed by atoms with van der Waals surface area (Å²) in [5, 5.41) is 13.2. The molecule has 0 heterocycles. The lowest BCUT2D eigenvalue weighted by atomic mass is 10.1. The number of methoxy groups -OCH3 is 1. The molecule has 1 aliphatic rings. The number of anilines is 1. The van der Waals surface area contributed by atoms with Gasteiger partial charge in [0.15, 0.2) is 0 Å². The zero-order valence-electron chi connectivity index (χ0n) is 19.2. The molecule has 5 N–H and O–H groups in total. The summed E-state index contributed by atoms with van der Waals surface area (Å²) in [5.41, 5.74) is 6.67. The third-order valence-electron chi connectivity index (χ3n) is 4.90. The van der Waals surface area contributed by atoms with E-state index in [4.69, 9.17) is 15.6 Å². The molecule has 0 aromatic heterocycles. The highest BCUT2D eigenvalue weighted by atomic mass is 16.5. The lowest BCUT2D eigenvalue weighted by Gasteiger charge is -2.11. The van der Waals surface area contributed by atoms with Crippen LogP contribution in [0.5, 0.6) is 11.5 Å². The van der Waals surface area contributed by atoms with Gasteiger partial charge in [-0.05, 0) is 37.1 Å². The smallest absolute Gasteiger partial charge is 0.413 e. The van der Waals surface area contributed by atoms with Crippen molar-refractivity contribution in [3.05, 3.63) is 48.5 Å². The number of amides is 2. The summed E-state index contributed by atoms with van der Waals surface area (Å²) in [6.07, 6.45) is 3.47. The fourth-order valence-electron chi connectivity index (χ4n) is 3.07. The SMILES string of the molecule is CCC(=O)NC(=Nc1ccc(Oc2ccccc2)cc1N)NC(=O)OC.O=C(O)C1CCCC1. The standard InChI is InChI=1S/C18H20N4O4.C6H10O2/c1-3-16(23)21-17(22-18(24)25-2)20-15-10-9-13(11-14(15)19)26-12-7-5-4-6-8-12;7-6(8)5-3-1-2-4-5/h4-11H,3,19H2,1-2H3,(H2,20,21,22,23,24);5H,1-4H2,(H,7,8). The molecule has 1 saturated carbocycles. The molecule has 182 valence electrons. The second kappa shape index (κ2) is 13.5. The second-order valence-electron chi connectivity index (χ2n) is 7.43. The van der Waals surface area contributed by atoms with E-state index in [0.29, 0.717) is 22.9 Å². The van der Waals surface area contributed by atoms with Gasteiger partial charge in [-0.25, -0.2) is 9.79 Å². The van der Waals surface area contributed by atoms with E-state index in [9.17, 15) is 14.4 Å². The number of benzene rings is 2. The molecule has 0 spiro atoms. The van der Waals surface area contributed by atoms with Crippen LogP contribution in [0.25, 0.3) is 0 Å². The largest absolute Gasteiger partial charge is 0.481 e. The molecular weight excluding hydrogens is 440 g/mol. The number of carboxylic acid groups (broad SMARTS) is 1. The van der Waals surface area contributed by atoms with Gasteiger partial charge in [0.05, 0.1) is 24.4 Å². The summed E-state index contributed by atoms with van der Waals surface area (Å²) in [4.78, 5) is 37.4. The molecule has 10 heteroatoms. The highest BCUT2D eigenvalue weighted by Crippen LogP contribution is 2.29. The fraction of sp³-hybridized carbons (Fsp3) is 0.333. The van der Waals surface area contributed by atoms with Crippen molar-refractivity contribution in [2.45, 2.75) is 39.0 Å². The van der Waals surface area contributed by atoms with Crippen LogP contribution >= 0.6 is 0 Å². The van der Waals surface area contributed by atoms with E-state index < -0.39 is 12.1 Å². The van der Waals surface area contributed by atoms with Gasteiger partial charge in [0.1, 0.15) is 11.5 Å². The average molecular weight is 471 g/mol. The molecule has 0 atom stereocenters. The molecule has 2 amide bonds. The molecule has 0 unspecified atom stereocenters. The number of para-hydroxylation sites is 1. The first-order valence-corrected chi connectivity index (χ1v) is 10.9. The van der Waals surface area contributed by atoms with Gasteiger partial charge in [-0.15, -0.1) is 0 Å². The van der Waals surface area contributed by atoms with Gasteiger partial charge in [0.25, 0.3) is 0 Å². The average Bonchev–Trinajstić information content (AvgIpc) is 3.37. The highest BCUT2D eigenvalue weighted by Gasteiger charge is 2.21. The molecule has 2 aromatic rings. The van der Waals surface area contributed by atoms with Gasteiger partial charge in [0, 0.05) is 12.5 Å². The summed E-state index contributed by atoms with van der Waals surface area (Å²) in [6, 6.07) is 14.1. The predicted molar refractivity (Wildman–Crippen MR) is 128 cm³/mol. The Labute approximate surface area is 198 Å². The van der Waals surface area contributed by atoms with Crippen LogP contribution in [0.4, 0.5) is 16.2 Å². The van der Waals surface area contributed by atoms with Crippen molar-refractivity contribution in [1.29, 1.82) is 0 Å². The Morgan fingerprint density at radius 2 is 1.74 bits per heavy atom. The highest BCUT2D eigenvalue weighted by molar-refractivity contribution is 6.04. The van der Waals surface area contributed by atoms with Crippen molar-refractivity contribution in [3.8, 4) is 11.5 Å². The molecule has 0 radical (unpaired) electrons. The number of carbonyl (C=O) groups excluding carboxylic acids is 2. The molecule has 0 aliphatic heterocycles. The van der Waals surface area contributed by atoms with Gasteiger partial charge < -0.3 is 20.3 Å². The van der Waals surface area contributed by atoms with Crippen LogP contribution in [0.2, 0.25) is 0 Å². The van der Waals surface area contributed by atoms with Crippen molar-refractivity contribution in [2.75, 3.05) is 12.8 Å². The Bertz CT molecular complexity index is 984. The van der Waals surface area contributed by atoms with Crippen LogP contribution in [0.1, 0.15) is 39.0 Å². The van der Waals surface area contributed by atoms with Crippen molar-refractivity contribution in [2.24, 2.45) is 10.9 Å². The fourth-order valence-corrected chi connectivity index (χ4v) is 3.07. The monoisotopic (exact) mass is 470 g/mol. The lowest BCUT2D eigenvalue weighted by molar-refractivity contribution is -0.141. The lowest BCUT2D eigenvalue weighted by Crippen LogP contribution is -2.43. The maximum atomic E-state index is 11.6. The van der Waals surface area contributed by atoms with Gasteiger partial charge >= 0.3 is 12.1 Å². The number of carboxylic acids is 1. The number of nitrogens with zero attached hydrogens (tertiary/aromatic N) is 1. The Hall–Kier alpha value is -4.08. The maximum Gasteiger partial charge on any atom is 0.413 e. The van der Waals surface area contributed by atoms with Gasteiger partial charge in [-0.2, -0.15) is 0 Å². The number of alkyl carbamates (subject to hydrolysis) is 1. The number of aliphatic imine (C=N–C) groups is 1. The first kappa shape index (κ1) is 26.2. The quantitative estimate of drug-likeness (QED) is 0.290. The molecule has 10 nitrogen and oxygen atoms in total. The summed E-state index contributed by atoms with van der Waals surface area (Å²) in [6.45, 7) is 1.68. The van der Waals surface area contributed by atoms with E-state index >= 15 is 0 Å². The number of nitrogen functional groups attached to an aromatic ring is 1. The van der Waals surface area contributed by atoms with E-state index in [1.807, 2.05) is 30.3 Å². The molecule has 3 rings (SSSR count). The van der Waals surface area contributed by atoms with E-state index in [1.54, 1.807) is 25.1 Å². The topological polar surface area (TPSA) is 152 Å². The number of hydrogen-bond acceptors (Lipinski definition) is 7. The van der Waals surface area contributed by atoms with Crippen molar-refractivity contribution in [1.82, 2.24) is 10.6 Å². The number of guanidine groups is 1. The Morgan fingerprint density at radius 1 is 1.06 bits per heavy atom. The number of carbonyl (C=O) groups is 3. The van der Waals surface area contributed by atoms with Crippen LogP contribution in [-0.4, -0.2) is 36.1 Å². The maximum absolute atomic E-state index is 11.6. The van der Waals surface area contributed by atoms with E-state index in [2.05, 4.69) is 20.4 Å². The van der Waals surface area contributed by atoms with E-state index in [-0.39, 0.29) is 24.2 Å². The third-order valence-corrected chi connectivity index (χ3v) is 4.90. The number of aliphatic carboxylic acids is 1. The second-order valence-corrected chi connectivity index (χ2v) is 7.43. The third kappa shape index (κ3) is 8.81.